The highest BCUT2D eigenvalue weighted by Gasteiger charge is 2.16. The van der Waals surface area contributed by atoms with E-state index in [4.69, 9.17) is 23.2 Å². The summed E-state index contributed by atoms with van der Waals surface area (Å²) in [5.41, 5.74) is 3.18. The van der Waals surface area contributed by atoms with Crippen LogP contribution in [-0.2, 0) is 6.42 Å². The number of likely N-dealkylation sites (N-methyl/N-ethyl adjacent to an activating group) is 1. The second kappa shape index (κ2) is 7.07. The van der Waals surface area contributed by atoms with Gasteiger partial charge < -0.3 is 5.32 Å². The highest BCUT2D eigenvalue weighted by Crippen LogP contribution is 2.29. The minimum Gasteiger partial charge on any atom is -0.309 e. The third-order valence-electron chi connectivity index (χ3n) is 3.21. The summed E-state index contributed by atoms with van der Waals surface area (Å²) in [4.78, 5) is 4.47. The van der Waals surface area contributed by atoms with Gasteiger partial charge in [-0.15, -0.1) is 0 Å². The van der Waals surface area contributed by atoms with Crippen LogP contribution >= 0.6 is 23.2 Å². The van der Waals surface area contributed by atoms with Crippen molar-refractivity contribution in [2.45, 2.75) is 26.3 Å². The molecule has 1 aromatic heterocycles. The minimum atomic E-state index is 0.109. The number of pyridine rings is 1. The van der Waals surface area contributed by atoms with Gasteiger partial charge in [-0.05, 0) is 55.3 Å². The third kappa shape index (κ3) is 3.72. The van der Waals surface area contributed by atoms with E-state index in [1.54, 1.807) is 0 Å². The molecule has 2 rings (SSSR count). The van der Waals surface area contributed by atoms with Gasteiger partial charge in [0.25, 0.3) is 0 Å². The molecule has 20 heavy (non-hydrogen) atoms. The Labute approximate surface area is 130 Å². The molecule has 106 valence electrons. The molecule has 0 saturated carbocycles. The number of aromatic nitrogens is 1. The van der Waals surface area contributed by atoms with Crippen LogP contribution in [0.3, 0.4) is 0 Å². The molecule has 0 fully saturated rings. The molecular weight excluding hydrogens is 291 g/mol. The number of hydrogen-bond acceptors (Lipinski definition) is 2. The van der Waals surface area contributed by atoms with Gasteiger partial charge in [0.2, 0.25) is 0 Å². The molecular formula is C16H18Cl2N2. The minimum absolute atomic E-state index is 0.109. The summed E-state index contributed by atoms with van der Waals surface area (Å²) in [6.45, 7) is 5.01. The second-order valence-corrected chi connectivity index (χ2v) is 5.59. The lowest BCUT2D eigenvalue weighted by Gasteiger charge is -2.19. The van der Waals surface area contributed by atoms with Crippen molar-refractivity contribution in [3.63, 3.8) is 0 Å². The summed E-state index contributed by atoms with van der Waals surface area (Å²) in [7, 11) is 0. The van der Waals surface area contributed by atoms with Crippen molar-refractivity contribution >= 4 is 23.2 Å². The van der Waals surface area contributed by atoms with Crippen molar-refractivity contribution in [1.82, 2.24) is 10.3 Å². The van der Waals surface area contributed by atoms with Crippen molar-refractivity contribution in [2.75, 3.05) is 6.54 Å². The lowest BCUT2D eigenvalue weighted by molar-refractivity contribution is 0.536. The van der Waals surface area contributed by atoms with Gasteiger partial charge in [0.05, 0.1) is 11.7 Å². The van der Waals surface area contributed by atoms with Gasteiger partial charge in [0.1, 0.15) is 0 Å². The Kier molecular flexibility index (Phi) is 5.41. The van der Waals surface area contributed by atoms with Gasteiger partial charge in [0, 0.05) is 16.2 Å². The van der Waals surface area contributed by atoms with E-state index in [-0.39, 0.29) is 6.04 Å². The lowest BCUT2D eigenvalue weighted by Crippen LogP contribution is -2.24. The number of rotatable bonds is 5. The maximum atomic E-state index is 6.26. The number of benzene rings is 1. The van der Waals surface area contributed by atoms with Crippen molar-refractivity contribution in [3.05, 3.63) is 63.4 Å². The first-order valence-corrected chi connectivity index (χ1v) is 7.46. The normalized spacial score (nSPS) is 12.4. The summed E-state index contributed by atoms with van der Waals surface area (Å²) in [5.74, 6) is 0. The van der Waals surface area contributed by atoms with E-state index in [1.807, 2.05) is 30.5 Å². The van der Waals surface area contributed by atoms with Crippen LogP contribution in [0, 0.1) is 6.92 Å². The van der Waals surface area contributed by atoms with E-state index in [1.165, 1.54) is 5.56 Å². The first kappa shape index (κ1) is 15.3. The predicted molar refractivity (Wildman–Crippen MR) is 85.6 cm³/mol. The van der Waals surface area contributed by atoms with Gasteiger partial charge in [-0.25, -0.2) is 0 Å². The zero-order valence-electron chi connectivity index (χ0n) is 11.7. The standard InChI is InChI=1S/C16H18Cl2N2/c1-3-19-16(15-9-11(2)7-8-20-15)10-12-13(17)5-4-6-14(12)18/h4-9,16,19H,3,10H2,1-2H3. The van der Waals surface area contributed by atoms with Crippen LogP contribution in [0.5, 0.6) is 0 Å². The average molecular weight is 309 g/mol. The Morgan fingerprint density at radius 1 is 1.20 bits per heavy atom. The first-order chi connectivity index (χ1) is 9.61. The molecule has 0 aliphatic carbocycles. The average Bonchev–Trinajstić information content (AvgIpc) is 2.42. The Balaban J connectivity index is 2.30. The predicted octanol–water partition coefficient (Wildman–Crippen LogP) is 4.59. The molecule has 0 radical (unpaired) electrons. The maximum Gasteiger partial charge on any atom is 0.0579 e. The molecule has 1 N–H and O–H groups in total. The molecule has 0 bridgehead atoms. The zero-order valence-corrected chi connectivity index (χ0v) is 13.2. The fourth-order valence-corrected chi connectivity index (χ4v) is 2.76. The Bertz CT molecular complexity index is 564. The van der Waals surface area contributed by atoms with Gasteiger partial charge in [-0.1, -0.05) is 36.2 Å². The smallest absolute Gasteiger partial charge is 0.0579 e. The van der Waals surface area contributed by atoms with Crippen LogP contribution in [0.15, 0.2) is 36.5 Å². The monoisotopic (exact) mass is 308 g/mol. The van der Waals surface area contributed by atoms with Crippen molar-refractivity contribution in [2.24, 2.45) is 0 Å². The van der Waals surface area contributed by atoms with Crippen LogP contribution in [0.2, 0.25) is 10.0 Å². The summed E-state index contributed by atoms with van der Waals surface area (Å²) in [6.07, 6.45) is 2.56. The highest BCUT2D eigenvalue weighted by molar-refractivity contribution is 6.36. The molecule has 1 aromatic carbocycles. The van der Waals surface area contributed by atoms with E-state index >= 15 is 0 Å². The van der Waals surface area contributed by atoms with E-state index in [0.29, 0.717) is 10.0 Å². The number of nitrogens with zero attached hydrogens (tertiary/aromatic N) is 1. The van der Waals surface area contributed by atoms with Crippen molar-refractivity contribution < 1.29 is 0 Å². The second-order valence-electron chi connectivity index (χ2n) is 4.77. The molecule has 1 unspecified atom stereocenters. The van der Waals surface area contributed by atoms with E-state index < -0.39 is 0 Å². The van der Waals surface area contributed by atoms with Crippen LogP contribution in [-0.4, -0.2) is 11.5 Å². The SMILES string of the molecule is CCNC(Cc1c(Cl)cccc1Cl)c1cc(C)ccn1. The largest absolute Gasteiger partial charge is 0.309 e. The van der Waals surface area contributed by atoms with Crippen molar-refractivity contribution in [3.8, 4) is 0 Å². The van der Waals surface area contributed by atoms with E-state index in [0.717, 1.165) is 24.2 Å². The number of aryl methyl sites for hydroxylation is 1. The van der Waals surface area contributed by atoms with E-state index in [9.17, 15) is 0 Å². The molecule has 1 heterocycles. The lowest BCUT2D eigenvalue weighted by atomic mass is 10.0. The van der Waals surface area contributed by atoms with Crippen molar-refractivity contribution in [1.29, 1.82) is 0 Å². The Morgan fingerprint density at radius 3 is 2.50 bits per heavy atom. The highest BCUT2D eigenvalue weighted by atomic mass is 35.5. The van der Waals surface area contributed by atoms with E-state index in [2.05, 4.69) is 30.2 Å². The van der Waals surface area contributed by atoms with Gasteiger partial charge >= 0.3 is 0 Å². The molecule has 1 atom stereocenters. The Morgan fingerprint density at radius 2 is 1.90 bits per heavy atom. The summed E-state index contributed by atoms with van der Waals surface area (Å²) in [6, 6.07) is 9.80. The molecule has 0 saturated heterocycles. The molecule has 0 spiro atoms. The van der Waals surface area contributed by atoms with Gasteiger partial charge in [0.15, 0.2) is 0 Å². The zero-order chi connectivity index (χ0) is 14.5. The van der Waals surface area contributed by atoms with Crippen LogP contribution in [0.1, 0.15) is 29.8 Å². The fraction of sp³-hybridized carbons (Fsp3) is 0.312. The number of nitrogens with one attached hydrogen (secondary N) is 1. The number of halogens is 2. The topological polar surface area (TPSA) is 24.9 Å². The first-order valence-electron chi connectivity index (χ1n) is 6.70. The van der Waals surface area contributed by atoms with Crippen LogP contribution in [0.25, 0.3) is 0 Å². The molecule has 0 amide bonds. The summed E-state index contributed by atoms with van der Waals surface area (Å²) < 4.78 is 0. The molecule has 0 aliphatic heterocycles. The van der Waals surface area contributed by atoms with Crippen LogP contribution in [0.4, 0.5) is 0 Å². The molecule has 2 nitrogen and oxygen atoms in total. The summed E-state index contributed by atoms with van der Waals surface area (Å²) in [5, 5.41) is 4.85. The molecule has 0 aliphatic rings. The number of hydrogen-bond donors (Lipinski definition) is 1. The fourth-order valence-electron chi connectivity index (χ4n) is 2.21. The molecule has 4 heteroatoms. The van der Waals surface area contributed by atoms with Gasteiger partial charge in [-0.3, -0.25) is 4.98 Å². The van der Waals surface area contributed by atoms with Crippen LogP contribution < -0.4 is 5.32 Å². The van der Waals surface area contributed by atoms with Gasteiger partial charge in [-0.2, -0.15) is 0 Å². The summed E-state index contributed by atoms with van der Waals surface area (Å²) >= 11 is 12.5. The molecule has 2 aromatic rings. The maximum absolute atomic E-state index is 6.26. The Hall–Kier alpha value is -1.09. The third-order valence-corrected chi connectivity index (χ3v) is 3.92. The quantitative estimate of drug-likeness (QED) is 0.874.